The van der Waals surface area contributed by atoms with Crippen LogP contribution in [-0.4, -0.2) is 71.3 Å². The molecule has 0 spiro atoms. The van der Waals surface area contributed by atoms with Gasteiger partial charge in [-0.2, -0.15) is 0 Å². The lowest BCUT2D eigenvalue weighted by molar-refractivity contribution is -0.155. The van der Waals surface area contributed by atoms with E-state index < -0.39 is 17.4 Å². The van der Waals surface area contributed by atoms with Crippen LogP contribution < -0.4 is 10.6 Å². The highest BCUT2D eigenvalue weighted by Crippen LogP contribution is 2.38. The number of hydrogen-bond acceptors (Lipinski definition) is 6. The van der Waals surface area contributed by atoms with Gasteiger partial charge in [-0.05, 0) is 51.3 Å². The van der Waals surface area contributed by atoms with Crippen LogP contribution in [0.15, 0.2) is 24.3 Å². The van der Waals surface area contributed by atoms with Crippen LogP contribution >= 0.6 is 34.5 Å². The number of anilines is 2. The Hall–Kier alpha value is -2.37. The summed E-state index contributed by atoms with van der Waals surface area (Å²) in [4.78, 5) is 44.8. The van der Waals surface area contributed by atoms with Crippen molar-refractivity contribution in [1.29, 1.82) is 0 Å². The second kappa shape index (κ2) is 11.1. The van der Waals surface area contributed by atoms with E-state index in [9.17, 15) is 14.4 Å². The molecule has 0 bridgehead atoms. The number of carbonyl (C=O) groups is 3. The molecular formula is C28H36Cl2N4O5S. The molecule has 1 aromatic carbocycles. The van der Waals surface area contributed by atoms with E-state index in [4.69, 9.17) is 32.7 Å². The van der Waals surface area contributed by atoms with Crippen LogP contribution in [0.4, 0.5) is 15.5 Å². The second-order valence-electron chi connectivity index (χ2n) is 12.0. The first-order chi connectivity index (χ1) is 18.5. The lowest BCUT2D eigenvalue weighted by atomic mass is 9.93. The lowest BCUT2D eigenvalue weighted by Gasteiger charge is -2.46. The van der Waals surface area contributed by atoms with Gasteiger partial charge in [-0.1, -0.05) is 50.0 Å². The molecule has 2 N–H and O–H groups in total. The maximum Gasteiger partial charge on any atom is 0.324 e. The van der Waals surface area contributed by atoms with E-state index in [-0.39, 0.29) is 28.4 Å². The van der Waals surface area contributed by atoms with Crippen molar-refractivity contribution in [2.45, 2.75) is 71.3 Å². The quantitative estimate of drug-likeness (QED) is 0.419. The van der Waals surface area contributed by atoms with Crippen LogP contribution in [0, 0.1) is 0 Å². The summed E-state index contributed by atoms with van der Waals surface area (Å²) in [5.74, 6) is -1.18. The number of hydrogen-bond donors (Lipinski definition) is 2. The number of ether oxygens (including phenoxy) is 2. The Morgan fingerprint density at radius 2 is 1.82 bits per heavy atom. The third-order valence-corrected chi connectivity index (χ3v) is 9.24. The molecule has 2 fully saturated rings. The van der Waals surface area contributed by atoms with Crippen LogP contribution in [0.1, 0.15) is 63.7 Å². The Bertz CT molecular complexity index is 1320. The molecule has 2 aliphatic rings. The first-order valence-electron chi connectivity index (χ1n) is 13.1. The van der Waals surface area contributed by atoms with E-state index in [1.165, 1.54) is 11.3 Å². The summed E-state index contributed by atoms with van der Waals surface area (Å²) in [7, 11) is 0. The van der Waals surface area contributed by atoms with Crippen molar-refractivity contribution < 1.29 is 23.9 Å². The van der Waals surface area contributed by atoms with Gasteiger partial charge in [-0.3, -0.25) is 14.9 Å². The number of carbonyl (C=O) groups excluding carboxylic acids is 3. The highest BCUT2D eigenvalue weighted by molar-refractivity contribution is 7.16. The molecule has 3 heterocycles. The fourth-order valence-electron chi connectivity index (χ4n) is 4.75. The standard InChI is InChI=1S/C28H36Cl2N4O5S/c1-26(2,3)20-13-17(22(40-20)32-25(37)31-19-10-8-9-18(29)21(19)30)23(35)34-12-11-33(24(36)27(34,4)5)14-16-15-38-28(6,7)39-16/h8-10,13,16H,11-12,14-15H2,1-7H3,(H2,31,32,37). The Labute approximate surface area is 249 Å². The molecule has 0 saturated carbocycles. The molecule has 218 valence electrons. The third kappa shape index (κ3) is 6.41. The number of nitrogens with one attached hydrogen (secondary N) is 2. The summed E-state index contributed by atoms with van der Waals surface area (Å²) in [6.45, 7) is 14.8. The van der Waals surface area contributed by atoms with Crippen LogP contribution in [0.25, 0.3) is 0 Å². The highest BCUT2D eigenvalue weighted by Gasteiger charge is 2.46. The fraction of sp³-hybridized carbons (Fsp3) is 0.536. The summed E-state index contributed by atoms with van der Waals surface area (Å²) >= 11 is 13.6. The summed E-state index contributed by atoms with van der Waals surface area (Å²) in [5, 5.41) is 6.42. The summed E-state index contributed by atoms with van der Waals surface area (Å²) < 4.78 is 11.5. The lowest BCUT2D eigenvalue weighted by Crippen LogP contribution is -2.65. The van der Waals surface area contributed by atoms with E-state index in [1.54, 1.807) is 47.9 Å². The fourth-order valence-corrected chi connectivity index (χ4v) is 6.20. The molecule has 2 aromatic rings. The Kier molecular flexibility index (Phi) is 8.51. The average molecular weight is 612 g/mol. The Balaban J connectivity index is 1.55. The summed E-state index contributed by atoms with van der Waals surface area (Å²) in [6.07, 6.45) is -0.231. The van der Waals surface area contributed by atoms with Gasteiger partial charge in [0.15, 0.2) is 5.79 Å². The van der Waals surface area contributed by atoms with Crippen molar-refractivity contribution in [3.63, 3.8) is 0 Å². The molecule has 1 aromatic heterocycles. The van der Waals surface area contributed by atoms with Crippen molar-refractivity contribution in [1.82, 2.24) is 9.80 Å². The monoisotopic (exact) mass is 610 g/mol. The minimum absolute atomic E-state index is 0.172. The molecule has 2 saturated heterocycles. The van der Waals surface area contributed by atoms with Gasteiger partial charge in [0, 0.05) is 24.5 Å². The smallest absolute Gasteiger partial charge is 0.324 e. The summed E-state index contributed by atoms with van der Waals surface area (Å²) in [6, 6.07) is 6.16. The average Bonchev–Trinajstić information content (AvgIpc) is 3.42. The van der Waals surface area contributed by atoms with E-state index in [0.29, 0.717) is 47.5 Å². The van der Waals surface area contributed by atoms with Gasteiger partial charge in [0.2, 0.25) is 5.91 Å². The third-order valence-electron chi connectivity index (χ3n) is 6.94. The van der Waals surface area contributed by atoms with E-state index in [0.717, 1.165) is 4.88 Å². The number of rotatable bonds is 5. The van der Waals surface area contributed by atoms with Crippen molar-refractivity contribution in [3.05, 3.63) is 44.8 Å². The van der Waals surface area contributed by atoms with Crippen molar-refractivity contribution >= 4 is 63.1 Å². The van der Waals surface area contributed by atoms with Crippen molar-refractivity contribution in [2.24, 2.45) is 0 Å². The topological polar surface area (TPSA) is 100 Å². The molecule has 40 heavy (non-hydrogen) atoms. The van der Waals surface area contributed by atoms with E-state index in [2.05, 4.69) is 10.6 Å². The van der Waals surface area contributed by atoms with E-state index >= 15 is 0 Å². The predicted octanol–water partition coefficient (Wildman–Crippen LogP) is 6.21. The van der Waals surface area contributed by atoms with Crippen LogP contribution in [0.5, 0.6) is 0 Å². The molecule has 1 unspecified atom stereocenters. The minimum Gasteiger partial charge on any atom is -0.348 e. The van der Waals surface area contributed by atoms with E-state index in [1.807, 2.05) is 34.6 Å². The van der Waals surface area contributed by atoms with Crippen LogP contribution in [0.2, 0.25) is 10.0 Å². The number of nitrogens with zero attached hydrogens (tertiary/aromatic N) is 2. The molecule has 2 aliphatic heterocycles. The van der Waals surface area contributed by atoms with Crippen molar-refractivity contribution in [3.8, 4) is 0 Å². The first kappa shape index (κ1) is 30.6. The molecule has 4 amide bonds. The van der Waals surface area contributed by atoms with Crippen molar-refractivity contribution in [2.75, 3.05) is 36.9 Å². The minimum atomic E-state index is -1.11. The molecule has 4 rings (SSSR count). The van der Waals surface area contributed by atoms with Gasteiger partial charge < -0.3 is 24.6 Å². The molecule has 12 heteroatoms. The second-order valence-corrected chi connectivity index (χ2v) is 13.8. The van der Waals surface area contributed by atoms with Gasteiger partial charge in [0.25, 0.3) is 5.91 Å². The summed E-state index contributed by atoms with van der Waals surface area (Å²) in [5.41, 5.74) is -0.712. The molecular weight excluding hydrogens is 575 g/mol. The van der Waals surface area contributed by atoms with Crippen LogP contribution in [-0.2, 0) is 19.7 Å². The van der Waals surface area contributed by atoms with Gasteiger partial charge in [-0.15, -0.1) is 11.3 Å². The zero-order valence-corrected chi connectivity index (χ0v) is 26.1. The molecule has 1 atom stereocenters. The number of piperazine rings is 1. The van der Waals surface area contributed by atoms with Gasteiger partial charge in [0.05, 0.1) is 27.9 Å². The first-order valence-corrected chi connectivity index (χ1v) is 14.7. The number of thiophene rings is 1. The maximum atomic E-state index is 14.0. The number of urea groups is 1. The highest BCUT2D eigenvalue weighted by atomic mass is 35.5. The number of amides is 4. The predicted molar refractivity (Wildman–Crippen MR) is 159 cm³/mol. The SMILES string of the molecule is CC1(C)OCC(CN2CCN(C(=O)c3cc(C(C)(C)C)sc3NC(=O)Nc3cccc(Cl)c3Cl)C(C)(C)C2=O)O1. The molecule has 9 nitrogen and oxygen atoms in total. The van der Waals surface area contributed by atoms with Gasteiger partial charge in [0.1, 0.15) is 16.6 Å². The number of benzene rings is 1. The molecule has 0 aliphatic carbocycles. The Morgan fingerprint density at radius 3 is 2.45 bits per heavy atom. The largest absolute Gasteiger partial charge is 0.348 e. The number of halogens is 2. The van der Waals surface area contributed by atoms with Gasteiger partial charge >= 0.3 is 6.03 Å². The Morgan fingerprint density at radius 1 is 1.12 bits per heavy atom. The normalized spacial score (nSPS) is 20.5. The zero-order chi connectivity index (χ0) is 29.6. The zero-order valence-electron chi connectivity index (χ0n) is 23.8. The molecule has 0 radical (unpaired) electrons. The maximum absolute atomic E-state index is 14.0. The van der Waals surface area contributed by atoms with Gasteiger partial charge in [-0.25, -0.2) is 4.79 Å². The van der Waals surface area contributed by atoms with Crippen LogP contribution in [0.3, 0.4) is 0 Å².